The molecule has 32 heavy (non-hydrogen) atoms. The van der Waals surface area contributed by atoms with E-state index in [1.807, 2.05) is 12.1 Å². The number of hydrogen-bond donors (Lipinski definition) is 7. The fourth-order valence-corrected chi connectivity index (χ4v) is 5.51. The summed E-state index contributed by atoms with van der Waals surface area (Å²) in [6, 6.07) is 4.21. The van der Waals surface area contributed by atoms with Gasteiger partial charge in [-0.2, -0.15) is 0 Å². The second-order valence-electron chi connectivity index (χ2n) is 9.58. The molecule has 5 rings (SSSR count). The lowest BCUT2D eigenvalue weighted by molar-refractivity contribution is -0.513. The zero-order chi connectivity index (χ0) is 22.8. The molecular formula is C21H31N8O3+. The highest BCUT2D eigenvalue weighted by molar-refractivity contribution is 5.98. The molecule has 11 nitrogen and oxygen atoms in total. The van der Waals surface area contributed by atoms with E-state index < -0.39 is 23.9 Å². The van der Waals surface area contributed by atoms with Crippen LogP contribution in [0.25, 0.3) is 0 Å². The zero-order valence-corrected chi connectivity index (χ0v) is 18.3. The summed E-state index contributed by atoms with van der Waals surface area (Å²) in [5.41, 5.74) is 18.5. The monoisotopic (exact) mass is 443 g/mol. The Hall–Kier alpha value is -3.05. The van der Waals surface area contributed by atoms with Crippen molar-refractivity contribution in [2.75, 3.05) is 19.7 Å². The Morgan fingerprint density at radius 2 is 2.22 bits per heavy atom. The molecule has 0 radical (unpaired) electrons. The van der Waals surface area contributed by atoms with Gasteiger partial charge in [0.05, 0.1) is 18.2 Å². The Bertz CT molecular complexity index is 1020. The molecular weight excluding hydrogens is 412 g/mol. The molecule has 0 aliphatic carbocycles. The minimum absolute atomic E-state index is 0.0848. The van der Waals surface area contributed by atoms with E-state index in [1.54, 1.807) is 11.0 Å². The van der Waals surface area contributed by atoms with Crippen LogP contribution in [0.2, 0.25) is 0 Å². The van der Waals surface area contributed by atoms with E-state index in [-0.39, 0.29) is 36.4 Å². The first-order chi connectivity index (χ1) is 15.2. The second-order valence-corrected chi connectivity index (χ2v) is 9.58. The van der Waals surface area contributed by atoms with Crippen molar-refractivity contribution in [2.24, 2.45) is 22.2 Å². The number of guanidine groups is 2. The van der Waals surface area contributed by atoms with Crippen molar-refractivity contribution < 1.29 is 19.6 Å². The van der Waals surface area contributed by atoms with Crippen LogP contribution < -0.4 is 37.6 Å². The van der Waals surface area contributed by atoms with Crippen LogP contribution in [-0.4, -0.2) is 77.4 Å². The van der Waals surface area contributed by atoms with Gasteiger partial charge in [0.1, 0.15) is 17.9 Å². The fraction of sp³-hybridized carbons (Fsp3) is 0.571. The summed E-state index contributed by atoms with van der Waals surface area (Å²) in [7, 11) is 0. The summed E-state index contributed by atoms with van der Waals surface area (Å²) < 4.78 is 5.90. The van der Waals surface area contributed by atoms with Crippen molar-refractivity contribution in [3.8, 4) is 5.75 Å². The summed E-state index contributed by atoms with van der Waals surface area (Å²) in [6.07, 6.45) is -0.145. The van der Waals surface area contributed by atoms with Gasteiger partial charge in [-0.3, -0.25) is 15.5 Å². The number of carbonyl (C=O) groups excluding carboxylic acids is 1. The molecule has 1 aromatic carbocycles. The number of carbonyl (C=O) groups is 1. The first-order valence-electron chi connectivity index (χ1n) is 10.9. The number of para-hydroxylation sites is 1. The van der Waals surface area contributed by atoms with Crippen molar-refractivity contribution in [1.29, 1.82) is 0 Å². The SMILES string of the molecule is CC1(C)CCOc2c(C(=O)N[C@@H]3CN4C(N)=N[C@@H](CN)[C@@H]5[NH+]=C(N)NC54[C@@H]3O)cccc21. The molecule has 4 heterocycles. The molecule has 0 bridgehead atoms. The molecule has 11 heteroatoms. The minimum Gasteiger partial charge on any atom is -0.492 e. The Balaban J connectivity index is 1.44. The van der Waals surface area contributed by atoms with Crippen LogP contribution in [-0.2, 0) is 5.41 Å². The molecule has 10 N–H and O–H groups in total. The standard InChI is InChI=1S/C21H30N8O3/c1-20(2)6-7-32-14-10(4-3-5-11(14)20)17(31)25-13-9-29-19(24)26-12(8-22)15-21(29,16(13)30)28-18(23)27-15/h3-5,12-13,15-16,30H,6-9,22H2,1-2H3,(H2,24,26)(H,25,31)(H3,23,27,28)/p+1/t12-,13+,15-,16+,21?/m0/s1. The molecule has 1 spiro atoms. The van der Waals surface area contributed by atoms with E-state index in [2.05, 4.69) is 34.5 Å². The van der Waals surface area contributed by atoms with E-state index in [0.717, 1.165) is 12.0 Å². The molecule has 1 unspecified atom stereocenters. The predicted octanol–water partition coefficient (Wildman–Crippen LogP) is -3.76. The third kappa shape index (κ3) is 2.77. The van der Waals surface area contributed by atoms with E-state index >= 15 is 0 Å². The number of hydrogen-bond acceptors (Lipinski definition) is 9. The lowest BCUT2D eigenvalue weighted by Crippen LogP contribution is -2.88. The summed E-state index contributed by atoms with van der Waals surface area (Å²) in [5.74, 6) is 0.844. The number of rotatable bonds is 3. The molecule has 4 aliphatic rings. The van der Waals surface area contributed by atoms with Crippen LogP contribution >= 0.6 is 0 Å². The number of amides is 1. The third-order valence-electron chi connectivity index (χ3n) is 7.26. The molecule has 1 aromatic rings. The maximum absolute atomic E-state index is 13.3. The van der Waals surface area contributed by atoms with Gasteiger partial charge in [0, 0.05) is 18.7 Å². The van der Waals surface area contributed by atoms with Gasteiger partial charge in [0.25, 0.3) is 5.91 Å². The average molecular weight is 444 g/mol. The summed E-state index contributed by atoms with van der Waals surface area (Å²) in [5, 5.41) is 17.5. The normalized spacial score (nSPS) is 34.3. The molecule has 1 saturated heterocycles. The van der Waals surface area contributed by atoms with Gasteiger partial charge < -0.3 is 31.5 Å². The van der Waals surface area contributed by atoms with E-state index in [1.165, 1.54) is 0 Å². The summed E-state index contributed by atoms with van der Waals surface area (Å²) in [6.45, 7) is 5.33. The van der Waals surface area contributed by atoms with Crippen LogP contribution in [0.15, 0.2) is 23.2 Å². The van der Waals surface area contributed by atoms with Crippen LogP contribution in [0.4, 0.5) is 0 Å². The van der Waals surface area contributed by atoms with Crippen molar-refractivity contribution in [1.82, 2.24) is 15.5 Å². The Morgan fingerprint density at radius 3 is 2.97 bits per heavy atom. The number of nitrogens with two attached hydrogens (primary N) is 3. The Morgan fingerprint density at radius 1 is 1.44 bits per heavy atom. The number of nitrogens with zero attached hydrogens (tertiary/aromatic N) is 2. The second kappa shape index (κ2) is 6.97. The Labute approximate surface area is 186 Å². The highest BCUT2D eigenvalue weighted by atomic mass is 16.5. The van der Waals surface area contributed by atoms with Crippen LogP contribution in [0, 0.1) is 0 Å². The highest BCUT2D eigenvalue weighted by Gasteiger charge is 2.68. The molecule has 5 atom stereocenters. The van der Waals surface area contributed by atoms with E-state index in [4.69, 9.17) is 21.9 Å². The maximum Gasteiger partial charge on any atom is 0.343 e. The minimum atomic E-state index is -1.05. The first kappa shape index (κ1) is 20.8. The molecule has 0 saturated carbocycles. The number of nitrogens with one attached hydrogen (secondary N) is 3. The molecule has 4 aliphatic heterocycles. The lowest BCUT2D eigenvalue weighted by atomic mass is 9.79. The molecule has 1 fully saturated rings. The van der Waals surface area contributed by atoms with E-state index in [9.17, 15) is 9.90 Å². The number of aliphatic hydroxyl groups is 1. The van der Waals surface area contributed by atoms with Gasteiger partial charge in [-0.25, -0.2) is 10.3 Å². The summed E-state index contributed by atoms with van der Waals surface area (Å²) >= 11 is 0. The maximum atomic E-state index is 13.3. The van der Waals surface area contributed by atoms with Crippen molar-refractivity contribution in [3.05, 3.63) is 29.3 Å². The van der Waals surface area contributed by atoms with Gasteiger partial charge >= 0.3 is 5.96 Å². The van der Waals surface area contributed by atoms with Crippen LogP contribution in [0.1, 0.15) is 36.2 Å². The lowest BCUT2D eigenvalue weighted by Gasteiger charge is -2.43. The van der Waals surface area contributed by atoms with Gasteiger partial charge in [0.2, 0.25) is 5.66 Å². The van der Waals surface area contributed by atoms with Gasteiger partial charge in [-0.05, 0) is 17.9 Å². The number of aliphatic hydroxyl groups excluding tert-OH is 1. The average Bonchev–Trinajstić information content (AvgIpc) is 3.24. The number of aliphatic imine (C=N–C) groups is 1. The van der Waals surface area contributed by atoms with Gasteiger partial charge in [0.15, 0.2) is 12.0 Å². The number of benzene rings is 1. The number of fused-ring (bicyclic) bond motifs is 1. The molecule has 1 amide bonds. The summed E-state index contributed by atoms with van der Waals surface area (Å²) in [4.78, 5) is 22.7. The van der Waals surface area contributed by atoms with Gasteiger partial charge in [-0.1, -0.05) is 26.0 Å². The van der Waals surface area contributed by atoms with Gasteiger partial charge in [-0.15, -0.1) is 0 Å². The van der Waals surface area contributed by atoms with Crippen molar-refractivity contribution in [2.45, 2.75) is 55.6 Å². The highest BCUT2D eigenvalue weighted by Crippen LogP contribution is 2.40. The smallest absolute Gasteiger partial charge is 0.343 e. The Kier molecular flexibility index (Phi) is 4.54. The predicted molar refractivity (Wildman–Crippen MR) is 118 cm³/mol. The molecule has 172 valence electrons. The third-order valence-corrected chi connectivity index (χ3v) is 7.26. The van der Waals surface area contributed by atoms with Crippen molar-refractivity contribution in [3.63, 3.8) is 0 Å². The first-order valence-corrected chi connectivity index (χ1v) is 10.9. The molecule has 0 aromatic heterocycles. The fourth-order valence-electron chi connectivity index (χ4n) is 5.51. The number of ether oxygens (including phenoxy) is 1. The zero-order valence-electron chi connectivity index (χ0n) is 18.3. The van der Waals surface area contributed by atoms with Crippen LogP contribution in [0.5, 0.6) is 5.75 Å². The quantitative estimate of drug-likeness (QED) is 0.249. The van der Waals surface area contributed by atoms with Crippen molar-refractivity contribution >= 4 is 17.8 Å². The topological polar surface area (TPSA) is 178 Å². The van der Waals surface area contributed by atoms with Crippen LogP contribution in [0.3, 0.4) is 0 Å². The van der Waals surface area contributed by atoms with E-state index in [0.29, 0.717) is 23.9 Å². The largest absolute Gasteiger partial charge is 0.492 e.